The number of rotatable bonds is 16. The molecular weight excluding hydrogens is 304 g/mol. The van der Waals surface area contributed by atoms with Gasteiger partial charge < -0.3 is 5.11 Å². The van der Waals surface area contributed by atoms with Gasteiger partial charge in [-0.1, -0.05) is 59.3 Å². The summed E-state index contributed by atoms with van der Waals surface area (Å²) >= 11 is 0. The molecule has 0 rings (SSSR count). The minimum atomic E-state index is -0.628. The SMILES string of the molecule is CCCCC(CC(CC)CCCCOOC(C)(C)CCC)C(=O)O. The summed E-state index contributed by atoms with van der Waals surface area (Å²) in [7, 11) is 0. The van der Waals surface area contributed by atoms with Gasteiger partial charge in [-0.3, -0.25) is 4.79 Å². The average molecular weight is 345 g/mol. The third-order valence-electron chi connectivity index (χ3n) is 4.68. The highest BCUT2D eigenvalue weighted by Crippen LogP contribution is 2.25. The van der Waals surface area contributed by atoms with Crippen molar-refractivity contribution in [3.8, 4) is 0 Å². The molecule has 0 saturated carbocycles. The molecule has 2 unspecified atom stereocenters. The van der Waals surface area contributed by atoms with Crippen molar-refractivity contribution >= 4 is 5.97 Å². The van der Waals surface area contributed by atoms with Crippen LogP contribution in [0.3, 0.4) is 0 Å². The number of aliphatic carboxylic acids is 1. The van der Waals surface area contributed by atoms with Crippen LogP contribution in [0, 0.1) is 11.8 Å². The molecule has 4 nitrogen and oxygen atoms in total. The zero-order chi connectivity index (χ0) is 18.4. The smallest absolute Gasteiger partial charge is 0.306 e. The van der Waals surface area contributed by atoms with Crippen LogP contribution < -0.4 is 0 Å². The van der Waals surface area contributed by atoms with Gasteiger partial charge in [0.2, 0.25) is 0 Å². The molecule has 0 bridgehead atoms. The Morgan fingerprint density at radius 1 is 1.04 bits per heavy atom. The molecule has 1 N–H and O–H groups in total. The first-order chi connectivity index (χ1) is 11.4. The Morgan fingerprint density at radius 3 is 2.29 bits per heavy atom. The molecule has 0 aliphatic rings. The zero-order valence-electron chi connectivity index (χ0n) is 16.6. The summed E-state index contributed by atoms with van der Waals surface area (Å²) in [6, 6.07) is 0. The van der Waals surface area contributed by atoms with Gasteiger partial charge in [0, 0.05) is 0 Å². The minimum absolute atomic E-state index is 0.177. The largest absolute Gasteiger partial charge is 0.481 e. The Kier molecular flexibility index (Phi) is 13.3. The number of hydrogen-bond donors (Lipinski definition) is 1. The van der Waals surface area contributed by atoms with E-state index >= 15 is 0 Å². The maximum Gasteiger partial charge on any atom is 0.306 e. The maximum absolute atomic E-state index is 11.4. The van der Waals surface area contributed by atoms with Crippen molar-refractivity contribution in [3.63, 3.8) is 0 Å². The fourth-order valence-corrected chi connectivity index (χ4v) is 3.12. The molecule has 0 spiro atoms. The maximum atomic E-state index is 11.4. The third-order valence-corrected chi connectivity index (χ3v) is 4.68. The second-order valence-electron chi connectivity index (χ2n) is 7.60. The molecule has 0 aromatic carbocycles. The van der Waals surface area contributed by atoms with Gasteiger partial charge in [0.1, 0.15) is 0 Å². The summed E-state index contributed by atoms with van der Waals surface area (Å²) < 4.78 is 0. The van der Waals surface area contributed by atoms with Crippen LogP contribution >= 0.6 is 0 Å². The molecule has 0 radical (unpaired) electrons. The number of carboxylic acids is 1. The normalized spacial score (nSPS) is 14.5. The first kappa shape index (κ1) is 23.4. The van der Waals surface area contributed by atoms with E-state index in [9.17, 15) is 9.90 Å². The summed E-state index contributed by atoms with van der Waals surface area (Å²) in [6.07, 6.45) is 9.92. The van der Waals surface area contributed by atoms with E-state index in [4.69, 9.17) is 9.78 Å². The quantitative estimate of drug-likeness (QED) is 0.212. The van der Waals surface area contributed by atoms with E-state index in [1.165, 1.54) is 0 Å². The lowest BCUT2D eigenvalue weighted by molar-refractivity contribution is -0.354. The van der Waals surface area contributed by atoms with Crippen molar-refractivity contribution in [2.45, 2.75) is 104 Å². The zero-order valence-corrected chi connectivity index (χ0v) is 16.6. The van der Waals surface area contributed by atoms with Crippen LogP contribution in [0.1, 0.15) is 98.8 Å². The fourth-order valence-electron chi connectivity index (χ4n) is 3.12. The van der Waals surface area contributed by atoms with Crippen LogP contribution in [0.15, 0.2) is 0 Å². The molecule has 24 heavy (non-hydrogen) atoms. The molecule has 0 aliphatic heterocycles. The molecule has 2 atom stereocenters. The molecule has 0 aromatic heterocycles. The van der Waals surface area contributed by atoms with Gasteiger partial charge in [0.15, 0.2) is 0 Å². The van der Waals surface area contributed by atoms with Gasteiger partial charge in [-0.05, 0) is 45.4 Å². The van der Waals surface area contributed by atoms with E-state index in [-0.39, 0.29) is 11.5 Å². The highest BCUT2D eigenvalue weighted by atomic mass is 17.2. The molecule has 4 heteroatoms. The molecule has 0 heterocycles. The Hall–Kier alpha value is -0.610. The molecule has 0 aromatic rings. The third kappa shape index (κ3) is 11.9. The van der Waals surface area contributed by atoms with Crippen LogP contribution in [-0.4, -0.2) is 23.3 Å². The van der Waals surface area contributed by atoms with Crippen LogP contribution in [0.25, 0.3) is 0 Å². The van der Waals surface area contributed by atoms with E-state index in [0.29, 0.717) is 12.5 Å². The average Bonchev–Trinajstić information content (AvgIpc) is 2.52. The van der Waals surface area contributed by atoms with Crippen LogP contribution in [-0.2, 0) is 14.6 Å². The Morgan fingerprint density at radius 2 is 1.75 bits per heavy atom. The topological polar surface area (TPSA) is 55.8 Å². The van der Waals surface area contributed by atoms with Gasteiger partial charge in [-0.25, -0.2) is 9.78 Å². The second kappa shape index (κ2) is 13.7. The molecule has 0 amide bonds. The molecule has 0 fully saturated rings. The van der Waals surface area contributed by atoms with Gasteiger partial charge in [-0.15, -0.1) is 0 Å². The Balaban J connectivity index is 3.94. The van der Waals surface area contributed by atoms with E-state index < -0.39 is 5.97 Å². The standard InChI is InChI=1S/C20H40O4/c1-6-9-13-18(19(21)22)16-17(8-3)12-10-11-15-23-24-20(4,5)14-7-2/h17-18H,6-16H2,1-5H3,(H,21,22). The van der Waals surface area contributed by atoms with Crippen LogP contribution in [0.2, 0.25) is 0 Å². The van der Waals surface area contributed by atoms with Crippen molar-refractivity contribution in [3.05, 3.63) is 0 Å². The summed E-state index contributed by atoms with van der Waals surface area (Å²) in [5.41, 5.74) is -0.214. The lowest BCUT2D eigenvalue weighted by Crippen LogP contribution is -2.24. The first-order valence-electron chi connectivity index (χ1n) is 9.89. The Labute approximate surface area is 149 Å². The highest BCUT2D eigenvalue weighted by molar-refractivity contribution is 5.69. The lowest BCUT2D eigenvalue weighted by atomic mass is 9.86. The minimum Gasteiger partial charge on any atom is -0.481 e. The molecule has 144 valence electrons. The van der Waals surface area contributed by atoms with Gasteiger partial charge >= 0.3 is 5.97 Å². The first-order valence-corrected chi connectivity index (χ1v) is 9.89. The summed E-state index contributed by atoms with van der Waals surface area (Å²) in [6.45, 7) is 11.1. The van der Waals surface area contributed by atoms with Crippen molar-refractivity contribution in [2.75, 3.05) is 6.61 Å². The van der Waals surface area contributed by atoms with Gasteiger partial charge in [0.25, 0.3) is 0 Å². The van der Waals surface area contributed by atoms with Crippen LogP contribution in [0.5, 0.6) is 0 Å². The number of carbonyl (C=O) groups is 1. The van der Waals surface area contributed by atoms with E-state index in [1.807, 2.05) is 13.8 Å². The van der Waals surface area contributed by atoms with E-state index in [2.05, 4.69) is 20.8 Å². The van der Waals surface area contributed by atoms with Crippen molar-refractivity contribution in [1.82, 2.24) is 0 Å². The lowest BCUT2D eigenvalue weighted by Gasteiger charge is -2.23. The molecule has 0 saturated heterocycles. The second-order valence-corrected chi connectivity index (χ2v) is 7.60. The van der Waals surface area contributed by atoms with Crippen molar-refractivity contribution < 1.29 is 19.7 Å². The van der Waals surface area contributed by atoms with Gasteiger partial charge in [0.05, 0.1) is 18.1 Å². The predicted octanol–water partition coefficient (Wildman–Crippen LogP) is 5.99. The highest BCUT2D eigenvalue weighted by Gasteiger charge is 2.21. The summed E-state index contributed by atoms with van der Waals surface area (Å²) in [5, 5.41) is 9.37. The monoisotopic (exact) mass is 344 g/mol. The van der Waals surface area contributed by atoms with Crippen LogP contribution in [0.4, 0.5) is 0 Å². The van der Waals surface area contributed by atoms with E-state index in [0.717, 1.165) is 64.2 Å². The van der Waals surface area contributed by atoms with Crippen molar-refractivity contribution in [1.29, 1.82) is 0 Å². The summed E-state index contributed by atoms with van der Waals surface area (Å²) in [4.78, 5) is 22.2. The number of unbranched alkanes of at least 4 members (excludes halogenated alkanes) is 2. The number of carboxylic acid groups (broad SMARTS) is 1. The fraction of sp³-hybridized carbons (Fsp3) is 0.950. The van der Waals surface area contributed by atoms with E-state index in [1.54, 1.807) is 0 Å². The molecular formula is C20H40O4. The summed E-state index contributed by atoms with van der Waals surface area (Å²) in [5.74, 6) is -0.304. The predicted molar refractivity (Wildman–Crippen MR) is 98.9 cm³/mol. The number of hydrogen-bond acceptors (Lipinski definition) is 3. The van der Waals surface area contributed by atoms with Gasteiger partial charge in [-0.2, -0.15) is 0 Å². The van der Waals surface area contributed by atoms with Crippen molar-refractivity contribution in [2.24, 2.45) is 11.8 Å². The molecule has 0 aliphatic carbocycles. The Bertz CT molecular complexity index is 315.